The first-order chi connectivity index (χ1) is 7.13. The van der Waals surface area contributed by atoms with Gasteiger partial charge in [0.25, 0.3) is 0 Å². The van der Waals surface area contributed by atoms with Crippen molar-refractivity contribution in [1.82, 2.24) is 10.2 Å². The molecule has 0 aliphatic heterocycles. The zero-order valence-corrected chi connectivity index (χ0v) is 8.53. The first-order valence-corrected chi connectivity index (χ1v) is 4.50. The van der Waals surface area contributed by atoms with Crippen LogP contribution in [0.4, 0.5) is 5.82 Å². The summed E-state index contributed by atoms with van der Waals surface area (Å²) in [5, 5.41) is 9.91. The zero-order valence-electron chi connectivity index (χ0n) is 7.77. The van der Waals surface area contributed by atoms with Crippen LogP contribution in [0.1, 0.15) is 6.42 Å². The smallest absolute Gasteiger partial charge is 0.243 e. The molecule has 0 aliphatic rings. The van der Waals surface area contributed by atoms with Crippen LogP contribution in [0.15, 0.2) is 12.1 Å². The van der Waals surface area contributed by atoms with Crippen molar-refractivity contribution in [2.45, 2.75) is 12.5 Å². The predicted octanol–water partition coefficient (Wildman–Crippen LogP) is 0.419. The summed E-state index contributed by atoms with van der Waals surface area (Å²) in [4.78, 5) is 11.4. The lowest BCUT2D eigenvalue weighted by Crippen LogP contribution is -2.35. The molecule has 1 aromatic rings. The van der Waals surface area contributed by atoms with Gasteiger partial charge in [0.15, 0.2) is 11.0 Å². The van der Waals surface area contributed by atoms with Crippen LogP contribution in [0.25, 0.3) is 0 Å². The Morgan fingerprint density at radius 1 is 1.67 bits per heavy atom. The van der Waals surface area contributed by atoms with Crippen molar-refractivity contribution >= 4 is 23.3 Å². The molecule has 15 heavy (non-hydrogen) atoms. The molecule has 3 N–H and O–H groups in total. The van der Waals surface area contributed by atoms with Crippen LogP contribution in [0.2, 0.25) is 5.15 Å². The second kappa shape index (κ2) is 5.29. The Morgan fingerprint density at radius 3 is 2.93 bits per heavy atom. The Balaban J connectivity index is 2.59. The third kappa shape index (κ3) is 3.54. The average molecular weight is 225 g/mol. The fraction of sp³-hybridized carbons (Fsp3) is 0.222. The maximum Gasteiger partial charge on any atom is 0.243 e. The molecule has 0 saturated carbocycles. The van der Waals surface area contributed by atoms with E-state index in [-0.39, 0.29) is 17.4 Å². The molecule has 0 radical (unpaired) electrons. The normalized spacial score (nSPS) is 11.5. The van der Waals surface area contributed by atoms with Gasteiger partial charge in [-0.05, 0) is 12.1 Å². The summed E-state index contributed by atoms with van der Waals surface area (Å²) in [7, 11) is 0. The van der Waals surface area contributed by atoms with Crippen molar-refractivity contribution < 1.29 is 4.79 Å². The van der Waals surface area contributed by atoms with E-state index in [9.17, 15) is 4.79 Å². The third-order valence-electron chi connectivity index (χ3n) is 1.56. The standard InChI is InChI=1S/C9H9ClN4O/c1-2-3-6(11)9(15)12-8-5-4-7(10)13-14-8/h1,4-6H,3,11H2,(H,12,14,15). The molecular formula is C9H9ClN4O. The second-order valence-electron chi connectivity index (χ2n) is 2.75. The summed E-state index contributed by atoms with van der Waals surface area (Å²) < 4.78 is 0. The summed E-state index contributed by atoms with van der Waals surface area (Å²) in [6.07, 6.45) is 5.20. The summed E-state index contributed by atoms with van der Waals surface area (Å²) >= 11 is 5.52. The molecule has 0 bridgehead atoms. The molecular weight excluding hydrogens is 216 g/mol. The fourth-order valence-corrected chi connectivity index (χ4v) is 0.922. The molecule has 0 aliphatic carbocycles. The highest BCUT2D eigenvalue weighted by Crippen LogP contribution is 2.06. The topological polar surface area (TPSA) is 80.9 Å². The maximum atomic E-state index is 11.4. The van der Waals surface area contributed by atoms with Crippen LogP contribution >= 0.6 is 11.6 Å². The maximum absolute atomic E-state index is 11.4. The van der Waals surface area contributed by atoms with E-state index in [1.807, 2.05) is 0 Å². The first kappa shape index (κ1) is 11.4. The molecule has 0 spiro atoms. The van der Waals surface area contributed by atoms with E-state index in [0.29, 0.717) is 0 Å². The van der Waals surface area contributed by atoms with E-state index >= 15 is 0 Å². The Kier molecular flexibility index (Phi) is 4.03. The number of aromatic nitrogens is 2. The van der Waals surface area contributed by atoms with Crippen LogP contribution in [0, 0.1) is 12.3 Å². The lowest BCUT2D eigenvalue weighted by molar-refractivity contribution is -0.117. The third-order valence-corrected chi connectivity index (χ3v) is 1.76. The molecule has 1 unspecified atom stereocenters. The Hall–Kier alpha value is -1.64. The van der Waals surface area contributed by atoms with E-state index in [1.54, 1.807) is 0 Å². The van der Waals surface area contributed by atoms with Crippen molar-refractivity contribution in [3.05, 3.63) is 17.3 Å². The van der Waals surface area contributed by atoms with E-state index < -0.39 is 11.9 Å². The van der Waals surface area contributed by atoms with Crippen molar-refractivity contribution in [3.63, 3.8) is 0 Å². The molecule has 1 atom stereocenters. The van der Waals surface area contributed by atoms with E-state index in [0.717, 1.165) is 0 Å². The van der Waals surface area contributed by atoms with Crippen LogP contribution in [0.3, 0.4) is 0 Å². The highest BCUT2D eigenvalue weighted by Gasteiger charge is 2.12. The number of hydrogen-bond donors (Lipinski definition) is 2. The van der Waals surface area contributed by atoms with Crippen LogP contribution in [-0.4, -0.2) is 22.1 Å². The fourth-order valence-electron chi connectivity index (χ4n) is 0.821. The van der Waals surface area contributed by atoms with Crippen molar-refractivity contribution in [2.75, 3.05) is 5.32 Å². The molecule has 0 aromatic carbocycles. The lowest BCUT2D eigenvalue weighted by Gasteiger charge is -2.07. The van der Waals surface area contributed by atoms with Crippen molar-refractivity contribution in [1.29, 1.82) is 0 Å². The molecule has 1 heterocycles. The quantitative estimate of drug-likeness (QED) is 0.730. The summed E-state index contributed by atoms with van der Waals surface area (Å²) in [6.45, 7) is 0. The number of nitrogens with zero attached hydrogens (tertiary/aromatic N) is 2. The van der Waals surface area contributed by atoms with Gasteiger partial charge in [0.2, 0.25) is 5.91 Å². The minimum atomic E-state index is -0.743. The molecule has 6 heteroatoms. The SMILES string of the molecule is C#CCC(N)C(=O)Nc1ccc(Cl)nn1. The van der Waals surface area contributed by atoms with Crippen LogP contribution < -0.4 is 11.1 Å². The van der Waals surface area contributed by atoms with E-state index in [1.165, 1.54) is 12.1 Å². The summed E-state index contributed by atoms with van der Waals surface area (Å²) in [6, 6.07) is 2.29. The first-order valence-electron chi connectivity index (χ1n) is 4.12. The summed E-state index contributed by atoms with van der Waals surface area (Å²) in [5.74, 6) is 2.19. The molecule has 1 rings (SSSR count). The van der Waals surface area contributed by atoms with Gasteiger partial charge in [0.05, 0.1) is 6.04 Å². The largest absolute Gasteiger partial charge is 0.319 e. The number of amides is 1. The zero-order chi connectivity index (χ0) is 11.3. The molecule has 5 nitrogen and oxygen atoms in total. The van der Waals surface area contributed by atoms with Gasteiger partial charge < -0.3 is 11.1 Å². The monoisotopic (exact) mass is 224 g/mol. The minimum absolute atomic E-state index is 0.173. The van der Waals surface area contributed by atoms with Gasteiger partial charge in [-0.15, -0.1) is 22.5 Å². The number of carbonyl (C=O) groups is 1. The second-order valence-corrected chi connectivity index (χ2v) is 3.13. The Bertz CT molecular complexity index is 384. The predicted molar refractivity (Wildman–Crippen MR) is 57.1 cm³/mol. The number of terminal acetylenes is 1. The van der Waals surface area contributed by atoms with Crippen LogP contribution in [-0.2, 0) is 4.79 Å². The van der Waals surface area contributed by atoms with Crippen molar-refractivity contribution in [2.24, 2.45) is 5.73 Å². The van der Waals surface area contributed by atoms with Gasteiger partial charge in [-0.1, -0.05) is 11.6 Å². The van der Waals surface area contributed by atoms with Gasteiger partial charge in [-0.3, -0.25) is 4.79 Å². The Morgan fingerprint density at radius 2 is 2.40 bits per heavy atom. The van der Waals surface area contributed by atoms with Gasteiger partial charge in [0.1, 0.15) is 0 Å². The average Bonchev–Trinajstić information content (AvgIpc) is 2.22. The molecule has 0 fully saturated rings. The number of carbonyl (C=O) groups excluding carboxylic acids is 1. The van der Waals surface area contributed by atoms with E-state index in [2.05, 4.69) is 21.4 Å². The summed E-state index contributed by atoms with van der Waals surface area (Å²) in [5.41, 5.74) is 5.48. The van der Waals surface area contributed by atoms with E-state index in [4.69, 9.17) is 23.8 Å². The molecule has 1 amide bonds. The van der Waals surface area contributed by atoms with Gasteiger partial charge in [0, 0.05) is 6.42 Å². The Labute approximate surface area is 92.0 Å². The number of nitrogens with two attached hydrogens (primary N) is 1. The van der Waals surface area contributed by atoms with Gasteiger partial charge in [-0.25, -0.2) is 0 Å². The molecule has 0 saturated heterocycles. The lowest BCUT2D eigenvalue weighted by atomic mass is 10.2. The van der Waals surface area contributed by atoms with Crippen molar-refractivity contribution in [3.8, 4) is 12.3 Å². The number of anilines is 1. The van der Waals surface area contributed by atoms with Gasteiger partial charge >= 0.3 is 0 Å². The minimum Gasteiger partial charge on any atom is -0.319 e. The number of rotatable bonds is 3. The number of nitrogens with one attached hydrogen (secondary N) is 1. The molecule has 1 aromatic heterocycles. The highest BCUT2D eigenvalue weighted by atomic mass is 35.5. The molecule has 78 valence electrons. The number of hydrogen-bond acceptors (Lipinski definition) is 4. The van der Waals surface area contributed by atoms with Gasteiger partial charge in [-0.2, -0.15) is 0 Å². The van der Waals surface area contributed by atoms with Crippen LogP contribution in [0.5, 0.6) is 0 Å². The number of halogens is 1. The highest BCUT2D eigenvalue weighted by molar-refractivity contribution is 6.29.